The van der Waals surface area contributed by atoms with E-state index in [0.717, 1.165) is 22.4 Å². The summed E-state index contributed by atoms with van der Waals surface area (Å²) in [7, 11) is 0. The molecular weight excluding hydrogens is 378 g/mol. The minimum absolute atomic E-state index is 0.234. The molecule has 3 aromatic rings. The maximum atomic E-state index is 13.6. The zero-order chi connectivity index (χ0) is 20.8. The summed E-state index contributed by atoms with van der Waals surface area (Å²) >= 11 is 0. The first-order valence-corrected chi connectivity index (χ1v) is 9.93. The molecule has 2 aliphatic heterocycles. The summed E-state index contributed by atoms with van der Waals surface area (Å²) in [6, 6.07) is 18.6. The molecule has 3 atom stereocenters. The van der Waals surface area contributed by atoms with Crippen molar-refractivity contribution in [1.29, 1.82) is 0 Å². The fourth-order valence-corrected chi connectivity index (χ4v) is 4.49. The van der Waals surface area contributed by atoms with Crippen LogP contribution < -0.4 is 9.96 Å². The molecule has 6 heteroatoms. The van der Waals surface area contributed by atoms with Crippen molar-refractivity contribution in [2.75, 3.05) is 9.96 Å². The number of rotatable bonds is 3. The summed E-state index contributed by atoms with van der Waals surface area (Å²) < 4.78 is 0. The van der Waals surface area contributed by atoms with Crippen molar-refractivity contribution in [2.45, 2.75) is 26.0 Å². The molecule has 0 unspecified atom stereocenters. The lowest BCUT2D eigenvalue weighted by Gasteiger charge is -2.29. The lowest BCUT2D eigenvalue weighted by Crippen LogP contribution is -2.38. The summed E-state index contributed by atoms with van der Waals surface area (Å²) in [5, 5.41) is 1.70. The van der Waals surface area contributed by atoms with Gasteiger partial charge in [0.2, 0.25) is 5.91 Å². The van der Waals surface area contributed by atoms with E-state index in [1.807, 2.05) is 74.5 Å². The van der Waals surface area contributed by atoms with E-state index in [4.69, 9.17) is 4.84 Å². The Hall–Kier alpha value is -3.51. The molecule has 0 saturated carbocycles. The highest BCUT2D eigenvalue weighted by Gasteiger charge is 2.60. The van der Waals surface area contributed by atoms with Gasteiger partial charge in [0.15, 0.2) is 6.10 Å². The number of carbonyl (C=O) groups is 2. The normalized spacial score (nSPS) is 23.2. The van der Waals surface area contributed by atoms with Crippen molar-refractivity contribution in [3.05, 3.63) is 89.7 Å². The van der Waals surface area contributed by atoms with E-state index >= 15 is 0 Å². The van der Waals surface area contributed by atoms with E-state index in [1.165, 1.54) is 4.90 Å². The number of amides is 2. The molecule has 2 amide bonds. The van der Waals surface area contributed by atoms with Crippen molar-refractivity contribution in [2.24, 2.45) is 5.92 Å². The summed E-state index contributed by atoms with van der Waals surface area (Å²) in [6.45, 7) is 3.82. The number of hydroxylamine groups is 1. The predicted octanol–water partition coefficient (Wildman–Crippen LogP) is 3.75. The molecule has 2 aromatic carbocycles. The van der Waals surface area contributed by atoms with Crippen LogP contribution in [0.1, 0.15) is 22.7 Å². The van der Waals surface area contributed by atoms with Crippen molar-refractivity contribution < 1.29 is 14.4 Å². The summed E-state index contributed by atoms with van der Waals surface area (Å²) in [5.41, 5.74) is 4.11. The molecule has 150 valence electrons. The Bertz CT molecular complexity index is 1100. The fourth-order valence-electron chi connectivity index (χ4n) is 4.49. The molecule has 0 N–H and O–H groups in total. The Morgan fingerprint density at radius 3 is 2.17 bits per heavy atom. The Kier molecular flexibility index (Phi) is 4.37. The van der Waals surface area contributed by atoms with Gasteiger partial charge in [-0.05, 0) is 54.8 Å². The van der Waals surface area contributed by atoms with Gasteiger partial charge in [-0.3, -0.25) is 19.4 Å². The first-order valence-electron chi connectivity index (χ1n) is 9.93. The quantitative estimate of drug-likeness (QED) is 0.628. The molecule has 0 spiro atoms. The Morgan fingerprint density at radius 1 is 0.833 bits per heavy atom. The minimum Gasteiger partial charge on any atom is -0.273 e. The number of aryl methyl sites for hydroxylation is 2. The number of imide groups is 1. The zero-order valence-electron chi connectivity index (χ0n) is 16.7. The molecule has 6 nitrogen and oxygen atoms in total. The second-order valence-corrected chi connectivity index (χ2v) is 7.69. The monoisotopic (exact) mass is 399 g/mol. The van der Waals surface area contributed by atoms with E-state index < -0.39 is 18.1 Å². The van der Waals surface area contributed by atoms with Crippen LogP contribution in [0.2, 0.25) is 0 Å². The smallest absolute Gasteiger partial charge is 0.266 e. The van der Waals surface area contributed by atoms with Crippen LogP contribution in [0.15, 0.2) is 73.1 Å². The summed E-state index contributed by atoms with van der Waals surface area (Å²) in [6.07, 6.45) is 2.52. The number of hydrogen-bond acceptors (Lipinski definition) is 5. The average Bonchev–Trinajstić information content (AvgIpc) is 3.27. The zero-order valence-corrected chi connectivity index (χ0v) is 16.7. The van der Waals surface area contributed by atoms with Crippen LogP contribution in [-0.4, -0.2) is 22.9 Å². The number of para-hydroxylation sites is 2. The van der Waals surface area contributed by atoms with Gasteiger partial charge in [0.25, 0.3) is 5.91 Å². The molecule has 5 rings (SSSR count). The molecule has 1 aromatic heterocycles. The molecule has 2 aliphatic rings. The lowest BCUT2D eigenvalue weighted by atomic mass is 9.91. The van der Waals surface area contributed by atoms with Crippen molar-refractivity contribution in [3.8, 4) is 0 Å². The van der Waals surface area contributed by atoms with Crippen molar-refractivity contribution >= 4 is 23.2 Å². The van der Waals surface area contributed by atoms with Gasteiger partial charge in [0.05, 0.1) is 17.4 Å². The second kappa shape index (κ2) is 7.07. The van der Waals surface area contributed by atoms with E-state index in [1.54, 1.807) is 17.5 Å². The van der Waals surface area contributed by atoms with E-state index in [2.05, 4.69) is 4.98 Å². The lowest BCUT2D eigenvalue weighted by molar-refractivity contribution is -0.126. The van der Waals surface area contributed by atoms with Crippen LogP contribution in [0.3, 0.4) is 0 Å². The molecule has 30 heavy (non-hydrogen) atoms. The summed E-state index contributed by atoms with van der Waals surface area (Å²) in [4.78, 5) is 38.6. The highest BCUT2D eigenvalue weighted by Crippen LogP contribution is 2.48. The van der Waals surface area contributed by atoms with Gasteiger partial charge >= 0.3 is 0 Å². The van der Waals surface area contributed by atoms with E-state index in [-0.39, 0.29) is 11.8 Å². The summed E-state index contributed by atoms with van der Waals surface area (Å²) in [5.74, 6) is -1.19. The van der Waals surface area contributed by atoms with Crippen molar-refractivity contribution in [1.82, 2.24) is 4.98 Å². The molecule has 3 heterocycles. The highest BCUT2D eigenvalue weighted by molar-refractivity contribution is 6.24. The number of pyridine rings is 1. The van der Waals surface area contributed by atoms with Gasteiger partial charge < -0.3 is 0 Å². The number of benzene rings is 2. The van der Waals surface area contributed by atoms with Gasteiger partial charge in [-0.15, -0.1) is 0 Å². The first kappa shape index (κ1) is 18.5. The van der Waals surface area contributed by atoms with Crippen LogP contribution in [0.5, 0.6) is 0 Å². The predicted molar refractivity (Wildman–Crippen MR) is 113 cm³/mol. The third-order valence-corrected chi connectivity index (χ3v) is 5.84. The molecule has 0 bridgehead atoms. The minimum atomic E-state index is -0.866. The number of fused-ring (bicyclic) bond motifs is 1. The third-order valence-electron chi connectivity index (χ3n) is 5.84. The number of nitrogens with zero attached hydrogens (tertiary/aromatic N) is 3. The Balaban J connectivity index is 1.61. The Labute approximate surface area is 174 Å². The van der Waals surface area contributed by atoms with Crippen molar-refractivity contribution in [3.63, 3.8) is 0 Å². The first-order chi connectivity index (χ1) is 14.6. The number of aromatic nitrogens is 1. The number of hydrogen-bond donors (Lipinski definition) is 0. The Morgan fingerprint density at radius 2 is 1.50 bits per heavy atom. The van der Waals surface area contributed by atoms with Gasteiger partial charge in [0.1, 0.15) is 5.92 Å². The molecule has 2 fully saturated rings. The second-order valence-electron chi connectivity index (χ2n) is 7.69. The van der Waals surface area contributed by atoms with E-state index in [9.17, 15) is 9.59 Å². The third kappa shape index (κ3) is 2.72. The van der Waals surface area contributed by atoms with Crippen LogP contribution in [0.25, 0.3) is 0 Å². The molecule has 2 saturated heterocycles. The van der Waals surface area contributed by atoms with Crippen LogP contribution in [0, 0.1) is 19.8 Å². The highest BCUT2D eigenvalue weighted by atomic mass is 16.7. The largest absolute Gasteiger partial charge is 0.273 e. The van der Waals surface area contributed by atoms with E-state index in [0.29, 0.717) is 5.69 Å². The topological polar surface area (TPSA) is 62.7 Å². The number of carbonyl (C=O) groups excluding carboxylic acids is 2. The van der Waals surface area contributed by atoms with Gasteiger partial charge in [-0.2, -0.15) is 0 Å². The van der Waals surface area contributed by atoms with Crippen LogP contribution in [-0.2, 0) is 14.4 Å². The van der Waals surface area contributed by atoms with Gasteiger partial charge in [-0.25, -0.2) is 9.96 Å². The van der Waals surface area contributed by atoms with Gasteiger partial charge in [0, 0.05) is 12.4 Å². The average molecular weight is 399 g/mol. The maximum Gasteiger partial charge on any atom is 0.266 e. The van der Waals surface area contributed by atoms with Gasteiger partial charge in [-0.1, -0.05) is 36.4 Å². The number of anilines is 2. The fraction of sp³-hybridized carbons (Fsp3) is 0.208. The standard InChI is InChI=1S/C24H21N3O3/c1-15-7-6-8-16(2)20(15)26-23(28)19-21(17-11-13-25-14-12-17)27(30-22(19)24(26)29)18-9-4-3-5-10-18/h3-14,19,21-22H,1-2H3/t19-,21-,22+/m0/s1. The molecule has 0 aliphatic carbocycles. The maximum absolute atomic E-state index is 13.6. The van der Waals surface area contributed by atoms with Crippen LogP contribution in [0.4, 0.5) is 11.4 Å². The molecule has 0 radical (unpaired) electrons. The SMILES string of the molecule is Cc1cccc(C)c1N1C(=O)[C@@H]2[C@@H](ON(c3ccccc3)[C@H]2c2ccncc2)C1=O. The molecular formula is C24H21N3O3. The van der Waals surface area contributed by atoms with Crippen LogP contribution >= 0.6 is 0 Å².